The van der Waals surface area contributed by atoms with Crippen molar-refractivity contribution < 1.29 is 24.2 Å². The summed E-state index contributed by atoms with van der Waals surface area (Å²) in [5, 5.41) is 13.8. The van der Waals surface area contributed by atoms with Gasteiger partial charge in [-0.2, -0.15) is 0 Å². The molecular weight excluding hydrogens is 372 g/mol. The van der Waals surface area contributed by atoms with Crippen LogP contribution in [-0.4, -0.2) is 41.8 Å². The van der Waals surface area contributed by atoms with Gasteiger partial charge < -0.3 is 20.5 Å². The Bertz CT molecular complexity index is 881. The second kappa shape index (κ2) is 8.77. The maximum atomic E-state index is 12.3. The predicted octanol–water partition coefficient (Wildman–Crippen LogP) is 2.89. The van der Waals surface area contributed by atoms with Crippen molar-refractivity contribution in [2.75, 3.05) is 6.61 Å². The standard InChI is InChI=1S/C22H24N2O5/c1-3-19(20(25)23-13(2)21(26)27)24-22(28)29-12-18-16-10-6-4-8-14(16)15-9-5-7-11-17(15)18/h4-11,13,18-19H,3,12H2,1-2H3,(H,23,25)(H,24,28)(H,26,27). The van der Waals surface area contributed by atoms with E-state index in [9.17, 15) is 14.4 Å². The maximum absolute atomic E-state index is 12.3. The normalized spacial score (nSPS) is 14.3. The molecule has 0 aliphatic heterocycles. The average Bonchev–Trinajstić information content (AvgIpc) is 3.04. The van der Waals surface area contributed by atoms with Gasteiger partial charge in [0.1, 0.15) is 18.7 Å². The third kappa shape index (κ3) is 4.39. The number of benzene rings is 2. The number of carboxylic acids is 1. The van der Waals surface area contributed by atoms with Crippen LogP contribution < -0.4 is 10.6 Å². The topological polar surface area (TPSA) is 105 Å². The number of nitrogens with one attached hydrogen (secondary N) is 2. The number of carbonyl (C=O) groups excluding carboxylic acids is 2. The molecule has 1 aliphatic rings. The first-order valence-electron chi connectivity index (χ1n) is 9.57. The van der Waals surface area contributed by atoms with Gasteiger partial charge in [0, 0.05) is 5.92 Å². The second-order valence-electron chi connectivity index (χ2n) is 7.00. The van der Waals surface area contributed by atoms with Crippen molar-refractivity contribution in [3.8, 4) is 11.1 Å². The molecule has 0 aromatic heterocycles. The first-order chi connectivity index (χ1) is 13.9. The largest absolute Gasteiger partial charge is 0.480 e. The van der Waals surface area contributed by atoms with E-state index in [2.05, 4.69) is 22.8 Å². The zero-order valence-electron chi connectivity index (χ0n) is 16.3. The molecule has 0 saturated heterocycles. The molecular formula is C22H24N2O5. The van der Waals surface area contributed by atoms with Crippen LogP contribution in [0.3, 0.4) is 0 Å². The Balaban J connectivity index is 1.63. The molecule has 3 N–H and O–H groups in total. The Kier molecular flexibility index (Phi) is 6.16. The van der Waals surface area contributed by atoms with Crippen LogP contribution >= 0.6 is 0 Å². The number of carbonyl (C=O) groups is 3. The molecule has 0 bridgehead atoms. The van der Waals surface area contributed by atoms with E-state index in [-0.39, 0.29) is 12.5 Å². The van der Waals surface area contributed by atoms with E-state index >= 15 is 0 Å². The zero-order chi connectivity index (χ0) is 21.0. The summed E-state index contributed by atoms with van der Waals surface area (Å²) in [6.45, 7) is 3.23. The molecule has 7 heteroatoms. The second-order valence-corrected chi connectivity index (χ2v) is 7.00. The summed E-state index contributed by atoms with van der Waals surface area (Å²) in [6, 6.07) is 14.1. The minimum Gasteiger partial charge on any atom is -0.480 e. The molecule has 0 radical (unpaired) electrons. The fourth-order valence-electron chi connectivity index (χ4n) is 3.51. The maximum Gasteiger partial charge on any atom is 0.407 e. The fraction of sp³-hybridized carbons (Fsp3) is 0.318. The van der Waals surface area contributed by atoms with Gasteiger partial charge in [0.25, 0.3) is 0 Å². The van der Waals surface area contributed by atoms with E-state index in [1.54, 1.807) is 6.92 Å². The van der Waals surface area contributed by atoms with E-state index in [0.717, 1.165) is 22.3 Å². The third-order valence-electron chi connectivity index (χ3n) is 5.09. The monoisotopic (exact) mass is 396 g/mol. The highest BCUT2D eigenvalue weighted by Gasteiger charge is 2.29. The quantitative estimate of drug-likeness (QED) is 0.667. The smallest absolute Gasteiger partial charge is 0.407 e. The summed E-state index contributed by atoms with van der Waals surface area (Å²) in [5.74, 6) is -1.78. The molecule has 0 fully saturated rings. The molecule has 2 aromatic carbocycles. The first-order valence-corrected chi connectivity index (χ1v) is 9.57. The van der Waals surface area contributed by atoms with Crippen LogP contribution in [0, 0.1) is 0 Å². The lowest BCUT2D eigenvalue weighted by atomic mass is 9.98. The molecule has 0 spiro atoms. The van der Waals surface area contributed by atoms with Crippen molar-refractivity contribution in [3.05, 3.63) is 59.7 Å². The zero-order valence-corrected chi connectivity index (χ0v) is 16.3. The Morgan fingerprint density at radius 3 is 2.07 bits per heavy atom. The van der Waals surface area contributed by atoms with Crippen LogP contribution in [0.1, 0.15) is 37.3 Å². The highest BCUT2D eigenvalue weighted by Crippen LogP contribution is 2.44. The van der Waals surface area contributed by atoms with Crippen molar-refractivity contribution in [1.29, 1.82) is 0 Å². The van der Waals surface area contributed by atoms with Crippen molar-refractivity contribution >= 4 is 18.0 Å². The van der Waals surface area contributed by atoms with Gasteiger partial charge in [0.15, 0.2) is 0 Å². The third-order valence-corrected chi connectivity index (χ3v) is 5.09. The van der Waals surface area contributed by atoms with E-state index in [1.165, 1.54) is 6.92 Å². The number of fused-ring (bicyclic) bond motifs is 3. The SMILES string of the molecule is CCC(NC(=O)OCC1c2ccccc2-c2ccccc21)C(=O)NC(C)C(=O)O. The van der Waals surface area contributed by atoms with Gasteiger partial charge in [-0.05, 0) is 35.6 Å². The molecule has 2 atom stereocenters. The van der Waals surface area contributed by atoms with Gasteiger partial charge in [-0.15, -0.1) is 0 Å². The number of amides is 2. The summed E-state index contributed by atoms with van der Waals surface area (Å²) < 4.78 is 5.43. The number of aliphatic carboxylic acids is 1. The van der Waals surface area contributed by atoms with Gasteiger partial charge >= 0.3 is 12.1 Å². The molecule has 1 aliphatic carbocycles. The van der Waals surface area contributed by atoms with E-state index in [4.69, 9.17) is 9.84 Å². The van der Waals surface area contributed by atoms with Crippen LogP contribution in [0.25, 0.3) is 11.1 Å². The summed E-state index contributed by atoms with van der Waals surface area (Å²) in [5.41, 5.74) is 4.46. The summed E-state index contributed by atoms with van der Waals surface area (Å²) in [4.78, 5) is 35.3. The molecule has 29 heavy (non-hydrogen) atoms. The highest BCUT2D eigenvalue weighted by atomic mass is 16.5. The minimum atomic E-state index is -1.14. The average molecular weight is 396 g/mol. The summed E-state index contributed by atoms with van der Waals surface area (Å²) >= 11 is 0. The van der Waals surface area contributed by atoms with Gasteiger partial charge in [-0.3, -0.25) is 9.59 Å². The molecule has 0 saturated carbocycles. The van der Waals surface area contributed by atoms with Gasteiger partial charge in [-0.1, -0.05) is 55.5 Å². The molecule has 7 nitrogen and oxygen atoms in total. The summed E-state index contributed by atoms with van der Waals surface area (Å²) in [6.07, 6.45) is -0.403. The number of ether oxygens (including phenoxy) is 1. The number of rotatable bonds is 7. The first kappa shape index (κ1) is 20.4. The van der Waals surface area contributed by atoms with Crippen molar-refractivity contribution in [2.24, 2.45) is 0 Å². The highest BCUT2D eigenvalue weighted by molar-refractivity contribution is 5.89. The molecule has 2 amide bonds. The lowest BCUT2D eigenvalue weighted by Crippen LogP contribution is -2.50. The summed E-state index contributed by atoms with van der Waals surface area (Å²) in [7, 11) is 0. The number of hydrogen-bond acceptors (Lipinski definition) is 4. The lowest BCUT2D eigenvalue weighted by Gasteiger charge is -2.19. The van der Waals surface area contributed by atoms with Crippen LogP contribution in [-0.2, 0) is 14.3 Å². The van der Waals surface area contributed by atoms with Crippen LogP contribution in [0.4, 0.5) is 4.79 Å². The molecule has 152 valence electrons. The molecule has 2 aromatic rings. The molecule has 0 heterocycles. The van der Waals surface area contributed by atoms with Crippen molar-refractivity contribution in [3.63, 3.8) is 0 Å². The van der Waals surface area contributed by atoms with Crippen molar-refractivity contribution in [1.82, 2.24) is 10.6 Å². The van der Waals surface area contributed by atoms with Gasteiger partial charge in [0.05, 0.1) is 0 Å². The number of carboxylic acid groups (broad SMARTS) is 1. The molecule has 3 rings (SSSR count). The van der Waals surface area contributed by atoms with Crippen LogP contribution in [0.5, 0.6) is 0 Å². The van der Waals surface area contributed by atoms with E-state index in [1.807, 2.05) is 36.4 Å². The van der Waals surface area contributed by atoms with Gasteiger partial charge in [0.2, 0.25) is 5.91 Å². The van der Waals surface area contributed by atoms with Crippen LogP contribution in [0.2, 0.25) is 0 Å². The Morgan fingerprint density at radius 2 is 1.55 bits per heavy atom. The number of hydrogen-bond donors (Lipinski definition) is 3. The van der Waals surface area contributed by atoms with E-state index < -0.39 is 30.1 Å². The molecule has 2 unspecified atom stereocenters. The fourth-order valence-corrected chi connectivity index (χ4v) is 3.51. The Hall–Kier alpha value is -3.35. The van der Waals surface area contributed by atoms with E-state index in [0.29, 0.717) is 6.42 Å². The van der Waals surface area contributed by atoms with Crippen molar-refractivity contribution in [2.45, 2.75) is 38.3 Å². The number of alkyl carbamates (subject to hydrolysis) is 1. The minimum absolute atomic E-state index is 0.0749. The Morgan fingerprint density at radius 1 is 1.00 bits per heavy atom. The van der Waals surface area contributed by atoms with Crippen LogP contribution in [0.15, 0.2) is 48.5 Å². The predicted molar refractivity (Wildman–Crippen MR) is 108 cm³/mol. The lowest BCUT2D eigenvalue weighted by molar-refractivity contribution is -0.141. The van der Waals surface area contributed by atoms with Gasteiger partial charge in [-0.25, -0.2) is 4.79 Å². The Labute approximate surface area is 169 Å².